The maximum Gasteiger partial charge on any atom is 0.144 e. The third kappa shape index (κ3) is 0.940. The monoisotopic (exact) mass is 182 g/mol. The number of benzene rings is 1. The maximum atomic E-state index is 5.91. The molecule has 3 nitrogen and oxygen atoms in total. The Kier molecular flexibility index (Phi) is 1.66. The summed E-state index contributed by atoms with van der Waals surface area (Å²) in [5.74, 6) is 0.756. The largest absolute Gasteiger partial charge is 0.494 e. The van der Waals surface area contributed by atoms with Crippen LogP contribution in [0.4, 0.5) is 0 Å². The van der Waals surface area contributed by atoms with Gasteiger partial charge in [0.2, 0.25) is 0 Å². The SMILES string of the molecule is COc1ccc(Cl)c2cn[nH]c12. The third-order valence-electron chi connectivity index (χ3n) is 1.74. The van der Waals surface area contributed by atoms with Crippen molar-refractivity contribution in [3.63, 3.8) is 0 Å². The van der Waals surface area contributed by atoms with Crippen LogP contribution in [0.3, 0.4) is 0 Å². The highest BCUT2D eigenvalue weighted by molar-refractivity contribution is 6.35. The molecule has 0 aliphatic carbocycles. The summed E-state index contributed by atoms with van der Waals surface area (Å²) in [6.45, 7) is 0. The molecule has 0 atom stereocenters. The number of halogens is 1. The number of fused-ring (bicyclic) bond motifs is 1. The lowest BCUT2D eigenvalue weighted by Crippen LogP contribution is -1.83. The minimum absolute atomic E-state index is 0.680. The summed E-state index contributed by atoms with van der Waals surface area (Å²) in [4.78, 5) is 0. The van der Waals surface area contributed by atoms with Gasteiger partial charge in [0.25, 0.3) is 0 Å². The fourth-order valence-electron chi connectivity index (χ4n) is 1.15. The molecule has 0 radical (unpaired) electrons. The molecule has 0 fully saturated rings. The summed E-state index contributed by atoms with van der Waals surface area (Å²) in [7, 11) is 1.61. The van der Waals surface area contributed by atoms with Crippen molar-refractivity contribution in [3.8, 4) is 5.75 Å². The normalized spacial score (nSPS) is 10.5. The van der Waals surface area contributed by atoms with Gasteiger partial charge in [-0.05, 0) is 12.1 Å². The van der Waals surface area contributed by atoms with E-state index in [4.69, 9.17) is 16.3 Å². The molecule has 0 spiro atoms. The molecule has 0 amide bonds. The first kappa shape index (κ1) is 7.43. The van der Waals surface area contributed by atoms with Gasteiger partial charge in [-0.3, -0.25) is 5.10 Å². The molecular weight excluding hydrogens is 176 g/mol. The minimum Gasteiger partial charge on any atom is -0.494 e. The quantitative estimate of drug-likeness (QED) is 0.735. The molecule has 1 heterocycles. The Bertz CT molecular complexity index is 410. The maximum absolute atomic E-state index is 5.91. The van der Waals surface area contributed by atoms with Gasteiger partial charge >= 0.3 is 0 Å². The summed E-state index contributed by atoms with van der Waals surface area (Å²) in [6, 6.07) is 3.60. The number of methoxy groups -OCH3 is 1. The number of hydrogen-bond acceptors (Lipinski definition) is 2. The van der Waals surface area contributed by atoms with Crippen LogP contribution in [0.5, 0.6) is 5.75 Å². The van der Waals surface area contributed by atoms with Crippen LogP contribution in [0, 0.1) is 0 Å². The molecule has 0 unspecified atom stereocenters. The highest BCUT2D eigenvalue weighted by atomic mass is 35.5. The highest BCUT2D eigenvalue weighted by Gasteiger charge is 2.05. The molecule has 4 heteroatoms. The summed E-state index contributed by atoms with van der Waals surface area (Å²) in [6.07, 6.45) is 1.68. The second-order valence-electron chi connectivity index (χ2n) is 2.41. The molecule has 1 N–H and O–H groups in total. The van der Waals surface area contributed by atoms with Crippen molar-refractivity contribution >= 4 is 22.5 Å². The lowest BCUT2D eigenvalue weighted by atomic mass is 10.2. The second kappa shape index (κ2) is 2.68. The molecule has 2 aromatic rings. The van der Waals surface area contributed by atoms with E-state index in [0.717, 1.165) is 16.7 Å². The Morgan fingerprint density at radius 2 is 2.33 bits per heavy atom. The van der Waals surface area contributed by atoms with Gasteiger partial charge in [0.15, 0.2) is 0 Å². The molecule has 0 aliphatic heterocycles. The molecule has 1 aromatic heterocycles. The van der Waals surface area contributed by atoms with Crippen LogP contribution in [0.2, 0.25) is 5.02 Å². The number of H-pyrrole nitrogens is 1. The average molecular weight is 183 g/mol. The highest BCUT2D eigenvalue weighted by Crippen LogP contribution is 2.28. The van der Waals surface area contributed by atoms with Crippen LogP contribution in [-0.4, -0.2) is 17.3 Å². The molecule has 2 rings (SSSR count). The Hall–Kier alpha value is -1.22. The van der Waals surface area contributed by atoms with E-state index in [1.54, 1.807) is 19.4 Å². The Morgan fingerprint density at radius 3 is 3.08 bits per heavy atom. The minimum atomic E-state index is 0.680. The third-order valence-corrected chi connectivity index (χ3v) is 2.07. The fourth-order valence-corrected chi connectivity index (χ4v) is 1.35. The molecular formula is C8H7ClN2O. The number of aromatic nitrogens is 2. The van der Waals surface area contributed by atoms with Crippen LogP contribution >= 0.6 is 11.6 Å². The molecule has 0 saturated carbocycles. The van der Waals surface area contributed by atoms with Gasteiger partial charge in [-0.25, -0.2) is 0 Å². The van der Waals surface area contributed by atoms with E-state index in [9.17, 15) is 0 Å². The second-order valence-corrected chi connectivity index (χ2v) is 2.82. The molecule has 1 aromatic carbocycles. The summed E-state index contributed by atoms with van der Waals surface area (Å²) < 4.78 is 5.11. The number of nitrogens with zero attached hydrogens (tertiary/aromatic N) is 1. The summed E-state index contributed by atoms with van der Waals surface area (Å²) in [5.41, 5.74) is 0.838. The standard InChI is InChI=1S/C8H7ClN2O/c1-12-7-3-2-6(9)5-4-10-11-8(5)7/h2-4H,1H3,(H,10,11). The lowest BCUT2D eigenvalue weighted by Gasteiger charge is -2.00. The summed E-state index contributed by atoms with van der Waals surface area (Å²) in [5, 5.41) is 8.27. The zero-order valence-corrected chi connectivity index (χ0v) is 7.22. The molecule has 0 aliphatic rings. The predicted molar refractivity (Wildman–Crippen MR) is 47.7 cm³/mol. The zero-order valence-electron chi connectivity index (χ0n) is 6.47. The first-order valence-corrected chi connectivity index (χ1v) is 3.86. The van der Waals surface area contributed by atoms with Crippen molar-refractivity contribution in [3.05, 3.63) is 23.4 Å². The predicted octanol–water partition coefficient (Wildman–Crippen LogP) is 2.22. The molecule has 62 valence electrons. The van der Waals surface area contributed by atoms with E-state index in [1.165, 1.54) is 0 Å². The van der Waals surface area contributed by atoms with Crippen molar-refractivity contribution in [2.45, 2.75) is 0 Å². The smallest absolute Gasteiger partial charge is 0.144 e. The Labute approximate surface area is 74.3 Å². The van der Waals surface area contributed by atoms with Gasteiger partial charge in [0, 0.05) is 5.39 Å². The van der Waals surface area contributed by atoms with Crippen LogP contribution in [0.1, 0.15) is 0 Å². The Morgan fingerprint density at radius 1 is 1.50 bits per heavy atom. The van der Waals surface area contributed by atoms with Crippen molar-refractivity contribution in [2.24, 2.45) is 0 Å². The molecule has 0 saturated heterocycles. The van der Waals surface area contributed by atoms with Crippen LogP contribution in [0.25, 0.3) is 10.9 Å². The fraction of sp³-hybridized carbons (Fsp3) is 0.125. The number of nitrogens with one attached hydrogen (secondary N) is 1. The average Bonchev–Trinajstić information content (AvgIpc) is 2.54. The Balaban J connectivity index is 2.82. The zero-order chi connectivity index (χ0) is 8.55. The summed E-state index contributed by atoms with van der Waals surface area (Å²) >= 11 is 5.91. The van der Waals surface area contributed by atoms with Crippen molar-refractivity contribution in [2.75, 3.05) is 7.11 Å². The number of hydrogen-bond donors (Lipinski definition) is 1. The van der Waals surface area contributed by atoms with Crippen LogP contribution in [-0.2, 0) is 0 Å². The van der Waals surface area contributed by atoms with Gasteiger partial charge in [-0.1, -0.05) is 11.6 Å². The van der Waals surface area contributed by atoms with Crippen molar-refractivity contribution in [1.82, 2.24) is 10.2 Å². The van der Waals surface area contributed by atoms with Gasteiger partial charge < -0.3 is 4.74 Å². The lowest BCUT2D eigenvalue weighted by molar-refractivity contribution is 0.419. The van der Waals surface area contributed by atoms with E-state index in [1.807, 2.05) is 6.07 Å². The van der Waals surface area contributed by atoms with Gasteiger partial charge in [0.1, 0.15) is 11.3 Å². The molecule has 0 bridgehead atoms. The van der Waals surface area contributed by atoms with E-state index < -0.39 is 0 Å². The number of ether oxygens (including phenoxy) is 1. The number of rotatable bonds is 1. The van der Waals surface area contributed by atoms with E-state index in [0.29, 0.717) is 5.02 Å². The van der Waals surface area contributed by atoms with Gasteiger partial charge in [-0.2, -0.15) is 5.10 Å². The van der Waals surface area contributed by atoms with Gasteiger partial charge in [-0.15, -0.1) is 0 Å². The molecule has 12 heavy (non-hydrogen) atoms. The van der Waals surface area contributed by atoms with Crippen LogP contribution in [0.15, 0.2) is 18.3 Å². The first-order chi connectivity index (χ1) is 5.83. The van der Waals surface area contributed by atoms with Crippen LogP contribution < -0.4 is 4.74 Å². The van der Waals surface area contributed by atoms with E-state index in [2.05, 4.69) is 10.2 Å². The number of aromatic amines is 1. The van der Waals surface area contributed by atoms with Crippen molar-refractivity contribution < 1.29 is 4.74 Å². The topological polar surface area (TPSA) is 37.9 Å². The van der Waals surface area contributed by atoms with E-state index >= 15 is 0 Å². The van der Waals surface area contributed by atoms with Crippen molar-refractivity contribution in [1.29, 1.82) is 0 Å². The van der Waals surface area contributed by atoms with E-state index in [-0.39, 0.29) is 0 Å². The first-order valence-electron chi connectivity index (χ1n) is 3.48. The van der Waals surface area contributed by atoms with Gasteiger partial charge in [0.05, 0.1) is 18.3 Å².